The summed E-state index contributed by atoms with van der Waals surface area (Å²) in [5.74, 6) is 0.980. The van der Waals surface area contributed by atoms with Crippen LogP contribution in [0.15, 0.2) is 30.3 Å². The molecule has 2 aromatic rings. The van der Waals surface area contributed by atoms with Gasteiger partial charge in [0.05, 0.1) is 17.7 Å². The minimum Gasteiger partial charge on any atom is -0.376 e. The van der Waals surface area contributed by atoms with Crippen LogP contribution in [-0.2, 0) is 11.3 Å². The van der Waals surface area contributed by atoms with Crippen LogP contribution in [0.5, 0.6) is 0 Å². The number of nitrogens with two attached hydrogens (primary N) is 1. The maximum absolute atomic E-state index is 5.91. The van der Waals surface area contributed by atoms with E-state index in [1.165, 1.54) is 0 Å². The highest BCUT2D eigenvalue weighted by Crippen LogP contribution is 2.28. The Bertz CT molecular complexity index is 614. The van der Waals surface area contributed by atoms with E-state index in [9.17, 15) is 0 Å². The van der Waals surface area contributed by atoms with Crippen molar-refractivity contribution < 1.29 is 4.74 Å². The fourth-order valence-electron chi connectivity index (χ4n) is 2.99. The lowest BCUT2D eigenvalue weighted by Gasteiger charge is -2.29. The third-order valence-corrected chi connectivity index (χ3v) is 4.17. The molecule has 0 saturated carbocycles. The maximum atomic E-state index is 5.91. The van der Waals surface area contributed by atoms with E-state index in [1.54, 1.807) is 0 Å². The molecule has 0 radical (unpaired) electrons. The van der Waals surface area contributed by atoms with Crippen molar-refractivity contribution >= 4 is 16.7 Å². The molecule has 0 spiro atoms. The van der Waals surface area contributed by atoms with Crippen molar-refractivity contribution in [3.63, 3.8) is 0 Å². The summed E-state index contributed by atoms with van der Waals surface area (Å²) in [6.45, 7) is 3.44. The van der Waals surface area contributed by atoms with Gasteiger partial charge in [-0.3, -0.25) is 0 Å². The highest BCUT2D eigenvalue weighted by Gasteiger charge is 2.29. The first kappa shape index (κ1) is 13.3. The molecule has 1 aliphatic rings. The molecule has 0 aliphatic carbocycles. The van der Waals surface area contributed by atoms with Crippen LogP contribution < -0.4 is 10.6 Å². The second kappa shape index (κ2) is 5.38. The van der Waals surface area contributed by atoms with Gasteiger partial charge in [-0.15, -0.1) is 0 Å². The number of fused-ring (bicyclic) bond motifs is 1. The monoisotopic (exact) mass is 271 g/mol. The predicted molar refractivity (Wildman–Crippen MR) is 81.9 cm³/mol. The number of ether oxygens (including phenoxy) is 1. The molecule has 2 N–H and O–H groups in total. The van der Waals surface area contributed by atoms with E-state index in [0.29, 0.717) is 12.6 Å². The Hall–Kier alpha value is -1.65. The number of likely N-dealkylation sites (N-methyl/N-ethyl adjacent to an activating group) is 1. The van der Waals surface area contributed by atoms with Crippen LogP contribution in [0, 0.1) is 0 Å². The summed E-state index contributed by atoms with van der Waals surface area (Å²) in [6, 6.07) is 10.7. The number of anilines is 1. The highest BCUT2D eigenvalue weighted by atomic mass is 16.5. The lowest BCUT2D eigenvalue weighted by molar-refractivity contribution is 0.118. The molecule has 4 heteroatoms. The lowest BCUT2D eigenvalue weighted by atomic mass is 10.1. The lowest BCUT2D eigenvalue weighted by Crippen LogP contribution is -2.38. The Morgan fingerprint density at radius 3 is 2.90 bits per heavy atom. The molecular weight excluding hydrogens is 250 g/mol. The average molecular weight is 271 g/mol. The fraction of sp³-hybridized carbons (Fsp3) is 0.438. The molecule has 0 amide bonds. The third kappa shape index (κ3) is 2.25. The Kier molecular flexibility index (Phi) is 3.59. The van der Waals surface area contributed by atoms with Crippen molar-refractivity contribution in [1.82, 2.24) is 4.98 Å². The number of hydrogen-bond donors (Lipinski definition) is 1. The van der Waals surface area contributed by atoms with E-state index >= 15 is 0 Å². The normalized spacial score (nSPS) is 22.4. The molecule has 106 valence electrons. The number of nitrogens with zero attached hydrogens (tertiary/aromatic N) is 2. The first-order valence-electron chi connectivity index (χ1n) is 7.14. The second-order valence-electron chi connectivity index (χ2n) is 5.41. The van der Waals surface area contributed by atoms with Gasteiger partial charge in [-0.1, -0.05) is 18.2 Å². The van der Waals surface area contributed by atoms with Crippen LogP contribution in [0.4, 0.5) is 5.82 Å². The van der Waals surface area contributed by atoms with Gasteiger partial charge in [0.2, 0.25) is 0 Å². The highest BCUT2D eigenvalue weighted by molar-refractivity contribution is 5.81. The van der Waals surface area contributed by atoms with Crippen LogP contribution in [0.1, 0.15) is 18.9 Å². The van der Waals surface area contributed by atoms with Crippen molar-refractivity contribution in [1.29, 1.82) is 0 Å². The summed E-state index contributed by atoms with van der Waals surface area (Å²) in [6.07, 6.45) is 1.27. The van der Waals surface area contributed by atoms with Crippen molar-refractivity contribution in [2.75, 3.05) is 18.6 Å². The Labute approximate surface area is 119 Å². The van der Waals surface area contributed by atoms with Gasteiger partial charge in [0.15, 0.2) is 0 Å². The van der Waals surface area contributed by atoms with E-state index in [0.717, 1.165) is 35.3 Å². The molecule has 2 atom stereocenters. The number of hydrogen-bond acceptors (Lipinski definition) is 4. The van der Waals surface area contributed by atoms with E-state index in [1.807, 2.05) is 18.2 Å². The van der Waals surface area contributed by atoms with Crippen LogP contribution in [0.3, 0.4) is 0 Å². The fourth-order valence-corrected chi connectivity index (χ4v) is 2.99. The smallest absolute Gasteiger partial charge is 0.133 e. The SMILES string of the molecule is CC1OCCC1N(C)c1nc2ccccc2cc1CN. The first-order valence-corrected chi connectivity index (χ1v) is 7.14. The van der Waals surface area contributed by atoms with Gasteiger partial charge in [-0.2, -0.15) is 0 Å². The van der Waals surface area contributed by atoms with Gasteiger partial charge in [0.25, 0.3) is 0 Å². The third-order valence-electron chi connectivity index (χ3n) is 4.17. The molecule has 1 aromatic heterocycles. The topological polar surface area (TPSA) is 51.4 Å². The van der Waals surface area contributed by atoms with E-state index < -0.39 is 0 Å². The van der Waals surface area contributed by atoms with Crippen molar-refractivity contribution in [2.45, 2.75) is 32.0 Å². The molecule has 20 heavy (non-hydrogen) atoms. The molecule has 3 rings (SSSR count). The number of pyridine rings is 1. The summed E-state index contributed by atoms with van der Waals surface area (Å²) >= 11 is 0. The molecule has 0 bridgehead atoms. The van der Waals surface area contributed by atoms with Crippen LogP contribution in [0.25, 0.3) is 10.9 Å². The number of para-hydroxylation sites is 1. The van der Waals surface area contributed by atoms with Crippen molar-refractivity contribution in [3.05, 3.63) is 35.9 Å². The summed E-state index contributed by atoms with van der Waals surface area (Å²) in [7, 11) is 2.09. The van der Waals surface area contributed by atoms with Gasteiger partial charge in [0, 0.05) is 31.1 Å². The van der Waals surface area contributed by atoms with Crippen molar-refractivity contribution in [2.24, 2.45) is 5.73 Å². The standard InChI is InChI=1S/C16H21N3O/c1-11-15(7-8-20-11)19(2)16-13(10-17)9-12-5-3-4-6-14(12)18-16/h3-6,9,11,15H,7-8,10,17H2,1-2H3. The molecule has 1 saturated heterocycles. The Morgan fingerprint density at radius 1 is 1.40 bits per heavy atom. The number of benzene rings is 1. The molecule has 4 nitrogen and oxygen atoms in total. The molecule has 1 aromatic carbocycles. The van der Waals surface area contributed by atoms with Gasteiger partial charge in [0.1, 0.15) is 5.82 Å². The van der Waals surface area contributed by atoms with E-state index in [2.05, 4.69) is 31.0 Å². The largest absolute Gasteiger partial charge is 0.376 e. The summed E-state index contributed by atoms with van der Waals surface area (Å²) in [5.41, 5.74) is 8.02. The van der Waals surface area contributed by atoms with E-state index in [4.69, 9.17) is 15.5 Å². The zero-order valence-corrected chi connectivity index (χ0v) is 12.0. The molecule has 1 aliphatic heterocycles. The Balaban J connectivity index is 2.04. The molecule has 2 heterocycles. The quantitative estimate of drug-likeness (QED) is 0.930. The summed E-state index contributed by atoms with van der Waals surface area (Å²) in [4.78, 5) is 7.04. The zero-order chi connectivity index (χ0) is 14.1. The zero-order valence-electron chi connectivity index (χ0n) is 12.0. The minimum atomic E-state index is 0.235. The molecular formula is C16H21N3O. The maximum Gasteiger partial charge on any atom is 0.133 e. The number of aromatic nitrogens is 1. The van der Waals surface area contributed by atoms with Gasteiger partial charge >= 0.3 is 0 Å². The van der Waals surface area contributed by atoms with Gasteiger partial charge in [-0.25, -0.2) is 4.98 Å². The number of rotatable bonds is 3. The van der Waals surface area contributed by atoms with Crippen molar-refractivity contribution in [3.8, 4) is 0 Å². The van der Waals surface area contributed by atoms with E-state index in [-0.39, 0.29) is 6.10 Å². The van der Waals surface area contributed by atoms with Crippen LogP contribution in [-0.4, -0.2) is 30.8 Å². The van der Waals surface area contributed by atoms with Crippen LogP contribution >= 0.6 is 0 Å². The summed E-state index contributed by atoms with van der Waals surface area (Å²) < 4.78 is 5.67. The first-order chi connectivity index (χ1) is 9.70. The van der Waals surface area contributed by atoms with Crippen LogP contribution in [0.2, 0.25) is 0 Å². The van der Waals surface area contributed by atoms with Gasteiger partial charge in [-0.05, 0) is 25.5 Å². The molecule has 1 fully saturated rings. The average Bonchev–Trinajstić information content (AvgIpc) is 2.91. The minimum absolute atomic E-state index is 0.235. The second-order valence-corrected chi connectivity index (χ2v) is 5.41. The summed E-state index contributed by atoms with van der Waals surface area (Å²) in [5, 5.41) is 1.14. The van der Waals surface area contributed by atoms with Gasteiger partial charge < -0.3 is 15.4 Å². The Morgan fingerprint density at radius 2 is 2.20 bits per heavy atom. The molecule has 2 unspecified atom stereocenters. The predicted octanol–water partition coefficient (Wildman–Crippen LogP) is 2.31.